The van der Waals surface area contributed by atoms with Crippen LogP contribution in [-0.4, -0.2) is 27.8 Å². The normalized spacial score (nSPS) is 10.9. The largest absolute Gasteiger partial charge is 0.355 e. The minimum absolute atomic E-state index is 0.0890. The fraction of sp³-hybridized carbons (Fsp3) is 0.286. The zero-order valence-corrected chi connectivity index (χ0v) is 16.5. The zero-order chi connectivity index (χ0) is 19.9. The summed E-state index contributed by atoms with van der Waals surface area (Å²) in [4.78, 5) is 28.9. The predicted octanol–water partition coefficient (Wildman–Crippen LogP) is 3.05. The Morgan fingerprint density at radius 2 is 1.93 bits per heavy atom. The number of carbonyl (C=O) groups is 1. The van der Waals surface area contributed by atoms with E-state index in [4.69, 9.17) is 0 Å². The van der Waals surface area contributed by atoms with E-state index >= 15 is 0 Å². The van der Waals surface area contributed by atoms with Crippen LogP contribution in [0.25, 0.3) is 10.9 Å². The minimum atomic E-state index is -0.201. The van der Waals surface area contributed by atoms with Gasteiger partial charge in [-0.05, 0) is 23.8 Å². The molecule has 28 heavy (non-hydrogen) atoms. The molecule has 0 unspecified atom stereocenters. The summed E-state index contributed by atoms with van der Waals surface area (Å²) in [6.07, 6.45) is 0.654. The van der Waals surface area contributed by atoms with E-state index in [1.165, 1.54) is 10.6 Å². The number of hydrogen-bond donors (Lipinski definition) is 1. The van der Waals surface area contributed by atoms with Crippen molar-refractivity contribution < 1.29 is 9.18 Å². The molecule has 0 saturated heterocycles. The summed E-state index contributed by atoms with van der Waals surface area (Å²) in [5.74, 6) is 1.58. The molecule has 7 heteroatoms. The summed E-state index contributed by atoms with van der Waals surface area (Å²) in [6, 6.07) is 13.9. The third kappa shape index (κ3) is 4.98. The number of nitrogens with zero attached hydrogens (tertiary/aromatic N) is 2. The maximum Gasteiger partial charge on any atom is 0.261 e. The SMILES string of the molecule is Cn1c(CCC(=O)NCCSCc2ccccc2F)nc2ccccc2c1=O. The number of fused-ring (bicyclic) bond motifs is 1. The fourth-order valence-corrected chi connectivity index (χ4v) is 3.71. The number of rotatable bonds is 8. The van der Waals surface area contributed by atoms with Crippen molar-refractivity contribution in [3.8, 4) is 0 Å². The average molecular weight is 399 g/mol. The Morgan fingerprint density at radius 3 is 2.75 bits per heavy atom. The molecule has 146 valence electrons. The Hall–Kier alpha value is -2.67. The summed E-state index contributed by atoms with van der Waals surface area (Å²) < 4.78 is 15.0. The average Bonchev–Trinajstić information content (AvgIpc) is 2.70. The van der Waals surface area contributed by atoms with Gasteiger partial charge in [0.1, 0.15) is 11.6 Å². The highest BCUT2D eigenvalue weighted by atomic mass is 32.2. The Morgan fingerprint density at radius 1 is 1.18 bits per heavy atom. The fourth-order valence-electron chi connectivity index (χ4n) is 2.86. The number of benzene rings is 2. The van der Waals surface area contributed by atoms with Gasteiger partial charge in [-0.25, -0.2) is 9.37 Å². The van der Waals surface area contributed by atoms with Crippen LogP contribution in [0.4, 0.5) is 4.39 Å². The third-order valence-electron chi connectivity index (χ3n) is 4.44. The van der Waals surface area contributed by atoms with E-state index in [0.29, 0.717) is 46.8 Å². The van der Waals surface area contributed by atoms with Gasteiger partial charge in [-0.3, -0.25) is 14.2 Å². The molecule has 0 spiro atoms. The van der Waals surface area contributed by atoms with Gasteiger partial charge in [0.2, 0.25) is 5.91 Å². The van der Waals surface area contributed by atoms with E-state index in [-0.39, 0.29) is 23.7 Å². The van der Waals surface area contributed by atoms with E-state index in [2.05, 4.69) is 10.3 Å². The molecule has 0 aliphatic carbocycles. The van der Waals surface area contributed by atoms with Crippen molar-refractivity contribution in [2.24, 2.45) is 7.05 Å². The monoisotopic (exact) mass is 399 g/mol. The van der Waals surface area contributed by atoms with E-state index in [0.717, 1.165) is 0 Å². The number of nitrogens with one attached hydrogen (secondary N) is 1. The summed E-state index contributed by atoms with van der Waals surface area (Å²) in [6.45, 7) is 0.516. The summed E-state index contributed by atoms with van der Waals surface area (Å²) in [7, 11) is 1.67. The molecule has 0 bridgehead atoms. The second-order valence-corrected chi connectivity index (χ2v) is 7.51. The lowest BCUT2D eigenvalue weighted by Gasteiger charge is -2.09. The molecule has 0 fully saturated rings. The van der Waals surface area contributed by atoms with Gasteiger partial charge in [-0.2, -0.15) is 11.8 Å². The van der Waals surface area contributed by atoms with Gasteiger partial charge in [0.25, 0.3) is 5.56 Å². The highest BCUT2D eigenvalue weighted by Gasteiger charge is 2.10. The van der Waals surface area contributed by atoms with Crippen molar-refractivity contribution in [1.82, 2.24) is 14.9 Å². The Bertz CT molecular complexity index is 1040. The molecule has 0 saturated carbocycles. The standard InChI is InChI=1S/C21H22FN3O2S/c1-25-19(24-18-9-5-3-7-16(18)21(25)27)10-11-20(26)23-12-13-28-14-15-6-2-4-8-17(15)22/h2-9H,10-14H2,1H3,(H,23,26). The first-order valence-corrected chi connectivity index (χ1v) is 10.2. The number of para-hydroxylation sites is 1. The zero-order valence-electron chi connectivity index (χ0n) is 15.7. The van der Waals surface area contributed by atoms with E-state index in [1.54, 1.807) is 43.1 Å². The van der Waals surface area contributed by atoms with Gasteiger partial charge >= 0.3 is 0 Å². The van der Waals surface area contributed by atoms with Crippen LogP contribution >= 0.6 is 11.8 Å². The molecule has 2 aromatic carbocycles. The molecule has 0 aliphatic heterocycles. The number of aryl methyl sites for hydroxylation is 1. The van der Waals surface area contributed by atoms with Crippen LogP contribution in [0.5, 0.6) is 0 Å². The first kappa shape index (κ1) is 20.1. The van der Waals surface area contributed by atoms with Gasteiger partial charge in [0.05, 0.1) is 10.9 Å². The molecule has 5 nitrogen and oxygen atoms in total. The van der Waals surface area contributed by atoms with Crippen molar-refractivity contribution in [3.05, 3.63) is 76.1 Å². The van der Waals surface area contributed by atoms with Gasteiger partial charge in [0.15, 0.2) is 0 Å². The maximum atomic E-state index is 13.5. The minimum Gasteiger partial charge on any atom is -0.355 e. The lowest BCUT2D eigenvalue weighted by Crippen LogP contribution is -2.28. The second-order valence-electron chi connectivity index (χ2n) is 6.40. The van der Waals surface area contributed by atoms with Crippen molar-refractivity contribution in [2.45, 2.75) is 18.6 Å². The van der Waals surface area contributed by atoms with Crippen LogP contribution in [0, 0.1) is 5.82 Å². The number of halogens is 1. The van der Waals surface area contributed by atoms with Gasteiger partial charge < -0.3 is 5.32 Å². The molecular weight excluding hydrogens is 377 g/mol. The van der Waals surface area contributed by atoms with Gasteiger partial charge in [-0.1, -0.05) is 30.3 Å². The smallest absolute Gasteiger partial charge is 0.261 e. The number of aromatic nitrogens is 2. The summed E-state index contributed by atoms with van der Waals surface area (Å²) >= 11 is 1.57. The van der Waals surface area contributed by atoms with Crippen LogP contribution in [0.2, 0.25) is 0 Å². The first-order chi connectivity index (χ1) is 13.6. The molecule has 3 rings (SSSR count). The Labute approximate surface area is 167 Å². The highest BCUT2D eigenvalue weighted by Crippen LogP contribution is 2.14. The van der Waals surface area contributed by atoms with Crippen molar-refractivity contribution in [1.29, 1.82) is 0 Å². The molecule has 0 radical (unpaired) electrons. The van der Waals surface area contributed by atoms with Gasteiger partial charge in [0, 0.05) is 37.9 Å². The van der Waals surface area contributed by atoms with Crippen LogP contribution in [0.1, 0.15) is 17.8 Å². The van der Waals surface area contributed by atoms with Crippen molar-refractivity contribution in [3.63, 3.8) is 0 Å². The van der Waals surface area contributed by atoms with E-state index in [9.17, 15) is 14.0 Å². The lowest BCUT2D eigenvalue weighted by molar-refractivity contribution is -0.120. The highest BCUT2D eigenvalue weighted by molar-refractivity contribution is 7.98. The first-order valence-electron chi connectivity index (χ1n) is 9.09. The molecular formula is C21H22FN3O2S. The van der Waals surface area contributed by atoms with Crippen LogP contribution in [0.15, 0.2) is 53.3 Å². The predicted molar refractivity (Wildman–Crippen MR) is 111 cm³/mol. The van der Waals surface area contributed by atoms with Crippen molar-refractivity contribution in [2.75, 3.05) is 12.3 Å². The summed E-state index contributed by atoms with van der Waals surface area (Å²) in [5, 5.41) is 3.43. The van der Waals surface area contributed by atoms with Crippen molar-refractivity contribution >= 4 is 28.6 Å². The number of thioether (sulfide) groups is 1. The number of carbonyl (C=O) groups excluding carboxylic acids is 1. The molecule has 1 aromatic heterocycles. The summed E-state index contributed by atoms with van der Waals surface area (Å²) in [5.41, 5.74) is 1.21. The van der Waals surface area contributed by atoms with Crippen LogP contribution in [0.3, 0.4) is 0 Å². The second kappa shape index (κ2) is 9.50. The van der Waals surface area contributed by atoms with Crippen LogP contribution in [-0.2, 0) is 24.0 Å². The Kier molecular flexibility index (Phi) is 6.81. The molecule has 0 atom stereocenters. The van der Waals surface area contributed by atoms with Gasteiger partial charge in [-0.15, -0.1) is 0 Å². The Balaban J connectivity index is 1.45. The topological polar surface area (TPSA) is 64.0 Å². The third-order valence-corrected chi connectivity index (χ3v) is 5.44. The molecule has 1 heterocycles. The molecule has 1 amide bonds. The molecule has 0 aliphatic rings. The molecule has 1 N–H and O–H groups in total. The quantitative estimate of drug-likeness (QED) is 0.592. The van der Waals surface area contributed by atoms with Crippen LogP contribution < -0.4 is 10.9 Å². The lowest BCUT2D eigenvalue weighted by atomic mass is 10.2. The maximum absolute atomic E-state index is 13.5. The van der Waals surface area contributed by atoms with E-state index in [1.807, 2.05) is 18.2 Å². The molecule has 3 aromatic rings. The van der Waals surface area contributed by atoms with E-state index < -0.39 is 0 Å². The number of amides is 1. The number of hydrogen-bond acceptors (Lipinski definition) is 4.